The number of allylic oxidation sites excluding steroid dienone is 1. The van der Waals surface area contributed by atoms with E-state index >= 15 is 0 Å². The van der Waals surface area contributed by atoms with E-state index in [0.29, 0.717) is 53.0 Å². The number of hydrogen-bond donors (Lipinski definition) is 4. The summed E-state index contributed by atoms with van der Waals surface area (Å²) in [7, 11) is 1.53. The number of amidine groups is 1. The van der Waals surface area contributed by atoms with Crippen molar-refractivity contribution in [3.63, 3.8) is 0 Å². The lowest BCUT2D eigenvalue weighted by Gasteiger charge is -2.24. The molecule has 2 unspecified atom stereocenters. The molecular weight excluding hydrogens is 590 g/mol. The first-order valence-electron chi connectivity index (χ1n) is 14.0. The van der Waals surface area contributed by atoms with Crippen LogP contribution in [0.1, 0.15) is 63.8 Å². The van der Waals surface area contributed by atoms with E-state index in [0.717, 1.165) is 41.2 Å². The van der Waals surface area contributed by atoms with Crippen molar-refractivity contribution in [1.82, 2.24) is 20.2 Å². The molecule has 2 aromatic heterocycles. The number of aromatic hydroxyl groups is 1. The van der Waals surface area contributed by atoms with Gasteiger partial charge in [-0.3, -0.25) is 9.79 Å². The van der Waals surface area contributed by atoms with E-state index in [9.17, 15) is 9.90 Å². The second-order valence-corrected chi connectivity index (χ2v) is 11.6. The fourth-order valence-electron chi connectivity index (χ4n) is 5.32. The zero-order valence-corrected chi connectivity index (χ0v) is 26.2. The van der Waals surface area contributed by atoms with Gasteiger partial charge in [0.1, 0.15) is 22.4 Å². The Kier molecular flexibility index (Phi) is 9.62. The van der Waals surface area contributed by atoms with Crippen molar-refractivity contribution in [3.8, 4) is 5.75 Å². The van der Waals surface area contributed by atoms with E-state index in [-0.39, 0.29) is 24.3 Å². The van der Waals surface area contributed by atoms with Gasteiger partial charge in [-0.05, 0) is 61.9 Å². The standard InChI is InChI=1S/C30H36ClN7O4S/c1-16(12-31)26-25-22(35-18(3)36-26)14-38(30(25)41-4)29(40)19-5-6-21(23(39)11-19)37-28-24(17(2)15-43-28)27(32)34-8-7-20-13-33-9-10-42-20/h5-6,11-12,15,20,30,33,37,39H,7-10,13-14H2,1-4H3,(H2,32,34)/b16-12-. The molecule has 0 aliphatic carbocycles. The molecule has 0 spiro atoms. The predicted molar refractivity (Wildman–Crippen MR) is 169 cm³/mol. The van der Waals surface area contributed by atoms with Crippen LogP contribution in [-0.2, 0) is 16.0 Å². The van der Waals surface area contributed by atoms with Crippen LogP contribution in [-0.4, -0.2) is 71.2 Å². The summed E-state index contributed by atoms with van der Waals surface area (Å²) in [5.41, 5.74) is 13.2. The molecule has 1 aromatic carbocycles. The number of hydrogen-bond acceptors (Lipinski definition) is 10. The average molecular weight is 626 g/mol. The Morgan fingerprint density at radius 1 is 1.40 bits per heavy atom. The number of nitrogens with zero attached hydrogens (tertiary/aromatic N) is 4. The van der Waals surface area contributed by atoms with Crippen LogP contribution in [0, 0.1) is 13.8 Å². The Hall–Kier alpha value is -3.55. The monoisotopic (exact) mass is 625 g/mol. The molecule has 5 rings (SSSR count). The van der Waals surface area contributed by atoms with Gasteiger partial charge in [0.05, 0.1) is 47.5 Å². The number of carbonyl (C=O) groups excluding carboxylic acids is 1. The normalized spacial score (nSPS) is 19.0. The number of ether oxygens (including phenoxy) is 2. The van der Waals surface area contributed by atoms with Crippen molar-refractivity contribution in [1.29, 1.82) is 0 Å². The number of halogens is 1. The third kappa shape index (κ3) is 6.53. The second-order valence-electron chi connectivity index (χ2n) is 10.5. The molecule has 43 heavy (non-hydrogen) atoms. The summed E-state index contributed by atoms with van der Waals surface area (Å²) in [6, 6.07) is 4.78. The van der Waals surface area contributed by atoms with Crippen molar-refractivity contribution < 1.29 is 19.4 Å². The van der Waals surface area contributed by atoms with Crippen LogP contribution in [0.15, 0.2) is 34.1 Å². The topological polar surface area (TPSA) is 147 Å². The van der Waals surface area contributed by atoms with Crippen molar-refractivity contribution >= 4 is 50.9 Å². The van der Waals surface area contributed by atoms with Gasteiger partial charge >= 0.3 is 0 Å². The van der Waals surface area contributed by atoms with Crippen LogP contribution in [0.25, 0.3) is 5.57 Å². The maximum atomic E-state index is 13.7. The maximum Gasteiger partial charge on any atom is 0.256 e. The number of aromatic nitrogens is 2. The van der Waals surface area contributed by atoms with Gasteiger partial charge < -0.3 is 35.8 Å². The number of aliphatic imine (C=N–C) groups is 1. The number of aryl methyl sites for hydroxylation is 2. The number of anilines is 2. The Morgan fingerprint density at radius 3 is 2.91 bits per heavy atom. The molecule has 2 aliphatic rings. The fourth-order valence-corrected chi connectivity index (χ4v) is 6.39. The van der Waals surface area contributed by atoms with E-state index in [1.165, 1.54) is 30.0 Å². The predicted octanol–water partition coefficient (Wildman–Crippen LogP) is 4.59. The molecule has 0 bridgehead atoms. The number of phenolic OH excluding ortho intramolecular Hbond substituents is 1. The van der Waals surface area contributed by atoms with E-state index < -0.39 is 6.23 Å². The molecule has 4 heterocycles. The number of thiophene rings is 1. The first kappa shape index (κ1) is 30.9. The van der Waals surface area contributed by atoms with E-state index in [1.54, 1.807) is 24.0 Å². The first-order valence-corrected chi connectivity index (χ1v) is 15.3. The van der Waals surface area contributed by atoms with Crippen molar-refractivity contribution in [2.45, 2.75) is 46.1 Å². The molecule has 0 saturated carbocycles. The van der Waals surface area contributed by atoms with Crippen molar-refractivity contribution in [2.24, 2.45) is 10.7 Å². The Bertz CT molecular complexity index is 1570. The summed E-state index contributed by atoms with van der Waals surface area (Å²) in [6.45, 7) is 8.78. The van der Waals surface area contributed by atoms with Gasteiger partial charge in [0.2, 0.25) is 0 Å². The number of methoxy groups -OCH3 is 1. The van der Waals surface area contributed by atoms with Gasteiger partial charge in [0, 0.05) is 37.8 Å². The summed E-state index contributed by atoms with van der Waals surface area (Å²) in [6.07, 6.45) is 0.201. The smallest absolute Gasteiger partial charge is 0.256 e. The van der Waals surface area contributed by atoms with Gasteiger partial charge in [-0.15, -0.1) is 11.3 Å². The minimum atomic E-state index is -0.704. The molecule has 1 amide bonds. The lowest BCUT2D eigenvalue weighted by molar-refractivity contribution is -0.0145. The van der Waals surface area contributed by atoms with Crippen LogP contribution >= 0.6 is 22.9 Å². The van der Waals surface area contributed by atoms with E-state index in [2.05, 4.69) is 25.6 Å². The maximum absolute atomic E-state index is 13.7. The van der Waals surface area contributed by atoms with Crippen LogP contribution in [0.5, 0.6) is 5.75 Å². The molecule has 2 aliphatic heterocycles. The second kappa shape index (κ2) is 13.4. The molecule has 3 aromatic rings. The molecule has 5 N–H and O–H groups in total. The summed E-state index contributed by atoms with van der Waals surface area (Å²) >= 11 is 7.47. The number of rotatable bonds is 9. The van der Waals surface area contributed by atoms with Gasteiger partial charge in [-0.1, -0.05) is 11.6 Å². The largest absolute Gasteiger partial charge is 0.506 e. The zero-order valence-electron chi connectivity index (χ0n) is 24.6. The summed E-state index contributed by atoms with van der Waals surface area (Å²) < 4.78 is 11.5. The number of phenols is 1. The van der Waals surface area contributed by atoms with Gasteiger partial charge in [-0.25, -0.2) is 9.97 Å². The third-order valence-corrected chi connectivity index (χ3v) is 8.81. The summed E-state index contributed by atoms with van der Waals surface area (Å²) in [5, 5.41) is 20.3. The Balaban J connectivity index is 1.32. The average Bonchev–Trinajstić information content (AvgIpc) is 3.56. The van der Waals surface area contributed by atoms with Crippen LogP contribution in [0.4, 0.5) is 10.7 Å². The minimum absolute atomic E-state index is 0.0803. The SMILES string of the molecule is COC1c2c(nc(C)nc2/C(C)=C\Cl)CN1C(=O)c1ccc(Nc2scc(C)c2C(N)=NCCC2CNCCO2)c(O)c1. The van der Waals surface area contributed by atoms with Crippen LogP contribution in [0.2, 0.25) is 0 Å². The molecule has 228 valence electrons. The number of nitrogens with one attached hydrogen (secondary N) is 2. The number of fused-ring (bicyclic) bond motifs is 1. The Labute approximate surface area is 259 Å². The fraction of sp³-hybridized carbons (Fsp3) is 0.400. The number of morpholine rings is 1. The number of amides is 1. The lowest BCUT2D eigenvalue weighted by Crippen LogP contribution is -2.38. The van der Waals surface area contributed by atoms with Gasteiger partial charge in [-0.2, -0.15) is 0 Å². The van der Waals surface area contributed by atoms with Crippen LogP contribution < -0.4 is 16.4 Å². The Morgan fingerprint density at radius 2 is 2.21 bits per heavy atom. The first-order chi connectivity index (χ1) is 20.7. The molecule has 13 heteroatoms. The number of nitrogens with two attached hydrogens (primary N) is 1. The third-order valence-electron chi connectivity index (χ3n) is 7.47. The zero-order chi connectivity index (χ0) is 30.7. The van der Waals surface area contributed by atoms with Crippen molar-refractivity contribution in [3.05, 3.63) is 68.6 Å². The molecule has 2 atom stereocenters. The molecule has 11 nitrogen and oxygen atoms in total. The summed E-state index contributed by atoms with van der Waals surface area (Å²) in [5.74, 6) is 0.605. The minimum Gasteiger partial charge on any atom is -0.506 e. The molecule has 1 fully saturated rings. The van der Waals surface area contributed by atoms with E-state index in [1.807, 2.05) is 19.2 Å². The highest BCUT2D eigenvalue weighted by atomic mass is 35.5. The summed E-state index contributed by atoms with van der Waals surface area (Å²) in [4.78, 5) is 29.0. The highest BCUT2D eigenvalue weighted by Crippen LogP contribution is 2.40. The molecular formula is C30H36ClN7O4S. The van der Waals surface area contributed by atoms with E-state index in [4.69, 9.17) is 26.8 Å². The number of benzene rings is 1. The highest BCUT2D eigenvalue weighted by molar-refractivity contribution is 7.14. The molecule has 1 saturated heterocycles. The van der Waals surface area contributed by atoms with Gasteiger partial charge in [0.25, 0.3) is 5.91 Å². The van der Waals surface area contributed by atoms with Gasteiger partial charge in [0.15, 0.2) is 6.23 Å². The van der Waals surface area contributed by atoms with Crippen molar-refractivity contribution in [2.75, 3.05) is 38.7 Å². The molecule has 0 radical (unpaired) electrons. The lowest BCUT2D eigenvalue weighted by atomic mass is 10.1. The quantitative estimate of drug-likeness (QED) is 0.152. The van der Waals surface area contributed by atoms with Crippen LogP contribution in [0.3, 0.4) is 0 Å². The highest BCUT2D eigenvalue weighted by Gasteiger charge is 2.38. The number of carbonyl (C=O) groups is 1.